The van der Waals surface area contributed by atoms with Gasteiger partial charge < -0.3 is 4.90 Å². The van der Waals surface area contributed by atoms with E-state index in [1.807, 2.05) is 12.1 Å². The molecule has 2 aromatic rings. The molecule has 19 heavy (non-hydrogen) atoms. The van der Waals surface area contributed by atoms with Gasteiger partial charge in [-0.1, -0.05) is 18.2 Å². The summed E-state index contributed by atoms with van der Waals surface area (Å²) in [5.41, 5.74) is 3.43. The molecule has 0 amide bonds. The molecule has 3 rings (SSSR count). The molecule has 1 aromatic heterocycles. The highest BCUT2D eigenvalue weighted by molar-refractivity contribution is 6.16. The van der Waals surface area contributed by atoms with Crippen molar-refractivity contribution >= 4 is 23.1 Å². The Morgan fingerprint density at radius 3 is 2.79 bits per heavy atom. The fourth-order valence-corrected chi connectivity index (χ4v) is 2.73. The molecule has 0 saturated heterocycles. The van der Waals surface area contributed by atoms with E-state index in [4.69, 9.17) is 11.6 Å². The Bertz CT molecular complexity index is 568. The van der Waals surface area contributed by atoms with Crippen molar-refractivity contribution in [1.82, 2.24) is 10.2 Å². The Balaban J connectivity index is 2.02. The lowest BCUT2D eigenvalue weighted by molar-refractivity contribution is 0.610. The molecule has 2 heterocycles. The molecule has 1 atom stereocenters. The zero-order chi connectivity index (χ0) is 13.2. The van der Waals surface area contributed by atoms with Crippen molar-refractivity contribution in [1.29, 1.82) is 0 Å². The molecule has 1 aliphatic heterocycles. The summed E-state index contributed by atoms with van der Waals surface area (Å²) in [6.45, 7) is 2.23. The summed E-state index contributed by atoms with van der Waals surface area (Å²) in [5.74, 6) is 1.30. The lowest BCUT2D eigenvalue weighted by atomic mass is 9.97. The molecule has 1 aliphatic rings. The average Bonchev–Trinajstić information content (AvgIpc) is 2.47. The predicted molar refractivity (Wildman–Crippen MR) is 78.0 cm³/mol. The maximum absolute atomic E-state index is 5.76. The molecule has 1 aromatic carbocycles. The van der Waals surface area contributed by atoms with Gasteiger partial charge in [0.2, 0.25) is 0 Å². The van der Waals surface area contributed by atoms with Crippen molar-refractivity contribution in [3.05, 3.63) is 47.7 Å². The maximum atomic E-state index is 5.76. The third kappa shape index (κ3) is 2.30. The molecule has 0 saturated carbocycles. The van der Waals surface area contributed by atoms with E-state index in [9.17, 15) is 0 Å². The third-order valence-electron chi connectivity index (χ3n) is 3.61. The van der Waals surface area contributed by atoms with E-state index in [-0.39, 0.29) is 0 Å². The molecule has 0 spiro atoms. The molecule has 0 radical (unpaired) electrons. The first-order chi connectivity index (χ1) is 9.29. The molecular formula is C15H16ClN3. The second kappa shape index (κ2) is 5.17. The van der Waals surface area contributed by atoms with Crippen molar-refractivity contribution in [3.63, 3.8) is 0 Å². The lowest BCUT2D eigenvalue weighted by Crippen LogP contribution is -2.33. The van der Waals surface area contributed by atoms with Gasteiger partial charge in [0, 0.05) is 11.7 Å². The molecule has 0 fully saturated rings. The van der Waals surface area contributed by atoms with Gasteiger partial charge in [-0.25, -0.2) is 0 Å². The Morgan fingerprint density at radius 2 is 2.05 bits per heavy atom. The van der Waals surface area contributed by atoms with Crippen LogP contribution in [0.25, 0.3) is 0 Å². The van der Waals surface area contributed by atoms with Gasteiger partial charge in [-0.15, -0.1) is 16.7 Å². The van der Waals surface area contributed by atoms with Crippen LogP contribution in [0.3, 0.4) is 0 Å². The minimum absolute atomic E-state index is 0.402. The fourth-order valence-electron chi connectivity index (χ4n) is 2.59. The van der Waals surface area contributed by atoms with Crippen molar-refractivity contribution in [2.24, 2.45) is 0 Å². The monoisotopic (exact) mass is 273 g/mol. The van der Waals surface area contributed by atoms with Gasteiger partial charge in [-0.05, 0) is 43.5 Å². The van der Waals surface area contributed by atoms with Gasteiger partial charge in [0.05, 0.1) is 11.6 Å². The highest BCUT2D eigenvalue weighted by Crippen LogP contribution is 2.35. The van der Waals surface area contributed by atoms with E-state index in [0.717, 1.165) is 24.4 Å². The quantitative estimate of drug-likeness (QED) is 0.782. The summed E-state index contributed by atoms with van der Waals surface area (Å²) in [5, 5.41) is 8.47. The topological polar surface area (TPSA) is 29.0 Å². The Kier molecular flexibility index (Phi) is 3.38. The van der Waals surface area contributed by atoms with Crippen LogP contribution in [-0.2, 0) is 12.3 Å². The van der Waals surface area contributed by atoms with Gasteiger partial charge in [0.25, 0.3) is 0 Å². The van der Waals surface area contributed by atoms with E-state index in [1.54, 1.807) is 0 Å². The second-order valence-corrected chi connectivity index (χ2v) is 5.17. The highest BCUT2D eigenvalue weighted by atomic mass is 35.5. The fraction of sp³-hybridized carbons (Fsp3) is 0.333. The number of aryl methyl sites for hydroxylation is 1. The van der Waals surface area contributed by atoms with Gasteiger partial charge in [0.15, 0.2) is 5.82 Å². The van der Waals surface area contributed by atoms with Crippen LogP contribution in [0.4, 0.5) is 11.5 Å². The van der Waals surface area contributed by atoms with Crippen molar-refractivity contribution in [2.45, 2.75) is 31.7 Å². The summed E-state index contributed by atoms with van der Waals surface area (Å²) >= 11 is 5.76. The van der Waals surface area contributed by atoms with Crippen molar-refractivity contribution in [2.75, 3.05) is 4.90 Å². The van der Waals surface area contributed by atoms with Gasteiger partial charge >= 0.3 is 0 Å². The molecule has 0 bridgehead atoms. The number of para-hydroxylation sites is 1. The number of hydrogen-bond donors (Lipinski definition) is 0. The summed E-state index contributed by atoms with van der Waals surface area (Å²) < 4.78 is 0. The van der Waals surface area contributed by atoms with Crippen LogP contribution in [0.1, 0.15) is 24.6 Å². The SMILES string of the molecule is CC1CCc2ccccc2N1c1ccc(CCl)nn1. The van der Waals surface area contributed by atoms with E-state index in [1.165, 1.54) is 11.3 Å². The smallest absolute Gasteiger partial charge is 0.155 e. The number of aromatic nitrogens is 2. The molecule has 98 valence electrons. The van der Waals surface area contributed by atoms with E-state index in [0.29, 0.717) is 11.9 Å². The second-order valence-electron chi connectivity index (χ2n) is 4.90. The molecule has 0 aliphatic carbocycles. The summed E-state index contributed by atoms with van der Waals surface area (Å²) in [6.07, 6.45) is 2.26. The minimum Gasteiger partial charge on any atom is -0.322 e. The van der Waals surface area contributed by atoms with Crippen LogP contribution in [0.5, 0.6) is 0 Å². The van der Waals surface area contributed by atoms with Crippen molar-refractivity contribution < 1.29 is 0 Å². The maximum Gasteiger partial charge on any atom is 0.155 e. The van der Waals surface area contributed by atoms with E-state index in [2.05, 4.69) is 46.3 Å². The molecule has 0 N–H and O–H groups in total. The number of fused-ring (bicyclic) bond motifs is 1. The summed E-state index contributed by atoms with van der Waals surface area (Å²) in [6, 6.07) is 12.9. The molecule has 3 nitrogen and oxygen atoms in total. The first-order valence-electron chi connectivity index (χ1n) is 6.55. The molecular weight excluding hydrogens is 258 g/mol. The van der Waals surface area contributed by atoms with Crippen molar-refractivity contribution in [3.8, 4) is 0 Å². The predicted octanol–water partition coefficient (Wildman–Crippen LogP) is 3.69. The number of rotatable bonds is 2. The third-order valence-corrected chi connectivity index (χ3v) is 3.89. The number of alkyl halides is 1. The first-order valence-corrected chi connectivity index (χ1v) is 7.09. The molecule has 4 heteroatoms. The largest absolute Gasteiger partial charge is 0.322 e. The number of anilines is 2. The summed E-state index contributed by atoms with van der Waals surface area (Å²) in [4.78, 5) is 2.27. The lowest BCUT2D eigenvalue weighted by Gasteiger charge is -2.35. The number of hydrogen-bond acceptors (Lipinski definition) is 3. The van der Waals surface area contributed by atoms with E-state index < -0.39 is 0 Å². The van der Waals surface area contributed by atoms with Crippen LogP contribution in [-0.4, -0.2) is 16.2 Å². The Morgan fingerprint density at radius 1 is 1.21 bits per heavy atom. The van der Waals surface area contributed by atoms with Gasteiger partial charge in [-0.3, -0.25) is 0 Å². The van der Waals surface area contributed by atoms with Crippen LogP contribution in [0, 0.1) is 0 Å². The number of nitrogens with zero attached hydrogens (tertiary/aromatic N) is 3. The normalized spacial score (nSPS) is 18.2. The minimum atomic E-state index is 0.402. The van der Waals surface area contributed by atoms with Crippen LogP contribution in [0.15, 0.2) is 36.4 Å². The number of halogens is 1. The summed E-state index contributed by atoms with van der Waals surface area (Å²) in [7, 11) is 0. The zero-order valence-electron chi connectivity index (χ0n) is 10.9. The van der Waals surface area contributed by atoms with Crippen LogP contribution < -0.4 is 4.90 Å². The van der Waals surface area contributed by atoms with Gasteiger partial charge in [0.1, 0.15) is 0 Å². The van der Waals surface area contributed by atoms with Crippen LogP contribution >= 0.6 is 11.6 Å². The Labute approximate surface area is 118 Å². The first kappa shape index (κ1) is 12.4. The highest BCUT2D eigenvalue weighted by Gasteiger charge is 2.24. The molecule has 1 unspecified atom stereocenters. The van der Waals surface area contributed by atoms with Crippen LogP contribution in [0.2, 0.25) is 0 Å². The van der Waals surface area contributed by atoms with Gasteiger partial charge in [-0.2, -0.15) is 5.10 Å². The zero-order valence-corrected chi connectivity index (χ0v) is 11.6. The Hall–Kier alpha value is -1.61. The standard InChI is InChI=1S/C15H16ClN3/c1-11-6-7-12-4-2-3-5-14(12)19(11)15-9-8-13(10-16)17-18-15/h2-5,8-9,11H,6-7,10H2,1H3. The number of benzene rings is 1. The average molecular weight is 274 g/mol. The van der Waals surface area contributed by atoms with E-state index >= 15 is 0 Å².